The van der Waals surface area contributed by atoms with Gasteiger partial charge in [-0.3, -0.25) is 0 Å². The number of esters is 1. The largest absolute Gasteiger partial charge is 0.505 e. The highest BCUT2D eigenvalue weighted by molar-refractivity contribution is 5.91. The molecule has 3 nitrogen and oxygen atoms in total. The van der Waals surface area contributed by atoms with Crippen molar-refractivity contribution in [2.75, 3.05) is 7.11 Å². The first kappa shape index (κ1) is 11.4. The Morgan fingerprint density at radius 1 is 1.47 bits per heavy atom. The molecule has 1 rings (SSSR count). The van der Waals surface area contributed by atoms with Gasteiger partial charge in [-0.25, -0.2) is 18.0 Å². The van der Waals surface area contributed by atoms with Gasteiger partial charge in [-0.2, -0.15) is 0 Å². The average molecular weight is 220 g/mol. The number of benzene rings is 1. The zero-order valence-electron chi connectivity index (χ0n) is 7.63. The van der Waals surface area contributed by atoms with Gasteiger partial charge >= 0.3 is 5.97 Å². The molecule has 0 spiro atoms. The Hall–Kier alpha value is -1.72. The first-order chi connectivity index (χ1) is 6.99. The van der Waals surface area contributed by atoms with Crippen molar-refractivity contribution < 1.29 is 27.8 Å². The van der Waals surface area contributed by atoms with Gasteiger partial charge in [0.25, 0.3) is 6.43 Å². The second-order valence-corrected chi connectivity index (χ2v) is 2.65. The number of carbonyl (C=O) groups is 1. The lowest BCUT2D eigenvalue weighted by Crippen LogP contribution is -2.08. The molecular weight excluding hydrogens is 213 g/mol. The van der Waals surface area contributed by atoms with Crippen LogP contribution in [-0.4, -0.2) is 18.2 Å². The summed E-state index contributed by atoms with van der Waals surface area (Å²) in [5, 5.41) is 8.87. The van der Waals surface area contributed by atoms with Crippen molar-refractivity contribution in [3.05, 3.63) is 29.1 Å². The molecule has 1 N–H and O–H groups in total. The molecule has 1 aromatic rings. The molecule has 0 saturated heterocycles. The average Bonchev–Trinajstić information content (AvgIpc) is 2.20. The van der Waals surface area contributed by atoms with Gasteiger partial charge in [-0.05, 0) is 12.1 Å². The number of hydrogen-bond donors (Lipinski definition) is 1. The molecule has 0 atom stereocenters. The number of phenols is 1. The van der Waals surface area contributed by atoms with E-state index < -0.39 is 35.1 Å². The van der Waals surface area contributed by atoms with E-state index in [0.29, 0.717) is 0 Å². The van der Waals surface area contributed by atoms with Gasteiger partial charge in [0.2, 0.25) is 0 Å². The lowest BCUT2D eigenvalue weighted by atomic mass is 10.1. The molecule has 0 aliphatic carbocycles. The van der Waals surface area contributed by atoms with Crippen LogP contribution in [-0.2, 0) is 4.74 Å². The van der Waals surface area contributed by atoms with Crippen molar-refractivity contribution in [1.29, 1.82) is 0 Å². The highest BCUT2D eigenvalue weighted by Gasteiger charge is 2.25. The summed E-state index contributed by atoms with van der Waals surface area (Å²) >= 11 is 0. The first-order valence-corrected chi connectivity index (χ1v) is 3.86. The standard InChI is InChI=1S/C9H7F3O3/c1-15-9(14)4-2-3-5(13)7(10)6(4)8(11)12/h2-3,8,13H,1H3. The number of carbonyl (C=O) groups excluding carboxylic acids is 1. The van der Waals surface area contributed by atoms with Crippen molar-refractivity contribution in [1.82, 2.24) is 0 Å². The Kier molecular flexibility index (Phi) is 3.18. The second kappa shape index (κ2) is 4.20. The number of alkyl halides is 2. The molecule has 82 valence electrons. The van der Waals surface area contributed by atoms with E-state index >= 15 is 0 Å². The van der Waals surface area contributed by atoms with Crippen LogP contribution >= 0.6 is 0 Å². The monoisotopic (exact) mass is 220 g/mol. The normalized spacial score (nSPS) is 10.5. The third-order valence-electron chi connectivity index (χ3n) is 1.78. The van der Waals surface area contributed by atoms with Gasteiger partial charge in [0.15, 0.2) is 11.6 Å². The van der Waals surface area contributed by atoms with E-state index in [4.69, 9.17) is 5.11 Å². The third kappa shape index (κ3) is 2.03. The number of hydrogen-bond acceptors (Lipinski definition) is 3. The molecule has 0 fully saturated rings. The van der Waals surface area contributed by atoms with E-state index in [2.05, 4.69) is 4.74 Å². The van der Waals surface area contributed by atoms with Crippen LogP contribution in [0.5, 0.6) is 5.75 Å². The summed E-state index contributed by atoms with van der Waals surface area (Å²) in [5.41, 5.74) is -1.75. The molecular formula is C9H7F3O3. The lowest BCUT2D eigenvalue weighted by Gasteiger charge is -2.08. The van der Waals surface area contributed by atoms with Gasteiger partial charge in [-0.1, -0.05) is 0 Å². The second-order valence-electron chi connectivity index (χ2n) is 2.65. The molecule has 0 radical (unpaired) electrons. The summed E-state index contributed by atoms with van der Waals surface area (Å²) in [6.07, 6.45) is -3.20. The molecule has 6 heteroatoms. The Labute approximate surface area is 83.1 Å². The topological polar surface area (TPSA) is 46.5 Å². The first-order valence-electron chi connectivity index (χ1n) is 3.86. The van der Waals surface area contributed by atoms with E-state index in [9.17, 15) is 18.0 Å². The zero-order valence-corrected chi connectivity index (χ0v) is 7.63. The summed E-state index contributed by atoms with van der Waals surface area (Å²) in [6, 6.07) is 1.69. The van der Waals surface area contributed by atoms with Crippen molar-refractivity contribution >= 4 is 5.97 Å². The van der Waals surface area contributed by atoms with Crippen molar-refractivity contribution in [2.24, 2.45) is 0 Å². The zero-order chi connectivity index (χ0) is 11.6. The third-order valence-corrected chi connectivity index (χ3v) is 1.78. The van der Waals surface area contributed by atoms with Crippen molar-refractivity contribution in [3.8, 4) is 5.75 Å². The highest BCUT2D eigenvalue weighted by Crippen LogP contribution is 2.31. The number of ether oxygens (including phenoxy) is 1. The molecule has 0 amide bonds. The highest BCUT2D eigenvalue weighted by atomic mass is 19.3. The van der Waals surface area contributed by atoms with E-state index in [0.717, 1.165) is 19.2 Å². The van der Waals surface area contributed by atoms with Crippen molar-refractivity contribution in [3.63, 3.8) is 0 Å². The fraction of sp³-hybridized carbons (Fsp3) is 0.222. The number of methoxy groups -OCH3 is 1. The minimum atomic E-state index is -3.20. The molecule has 1 aromatic carbocycles. The van der Waals surface area contributed by atoms with Crippen LogP contribution in [0.25, 0.3) is 0 Å². The molecule has 0 aliphatic rings. The summed E-state index contributed by atoms with van der Waals surface area (Å²) in [4.78, 5) is 11.0. The van der Waals surface area contributed by atoms with Crippen LogP contribution in [0.15, 0.2) is 12.1 Å². The fourth-order valence-electron chi connectivity index (χ4n) is 1.08. The molecule has 0 aliphatic heterocycles. The molecule has 0 heterocycles. The Bertz CT molecular complexity index is 390. The van der Waals surface area contributed by atoms with E-state index in [-0.39, 0.29) is 0 Å². The number of rotatable bonds is 2. The number of phenolic OH excluding ortho intramolecular Hbond substituents is 1. The van der Waals surface area contributed by atoms with Crippen molar-refractivity contribution in [2.45, 2.75) is 6.43 Å². The van der Waals surface area contributed by atoms with Crippen LogP contribution < -0.4 is 0 Å². The maximum absolute atomic E-state index is 13.1. The fourth-order valence-corrected chi connectivity index (χ4v) is 1.08. The summed E-state index contributed by atoms with van der Waals surface area (Å²) in [6.45, 7) is 0. The lowest BCUT2D eigenvalue weighted by molar-refractivity contribution is 0.0587. The van der Waals surface area contributed by atoms with Gasteiger partial charge in [0.1, 0.15) is 0 Å². The van der Waals surface area contributed by atoms with Crippen LogP contribution in [0, 0.1) is 5.82 Å². The van der Waals surface area contributed by atoms with Crippen LogP contribution in [0.1, 0.15) is 22.3 Å². The summed E-state index contributed by atoms with van der Waals surface area (Å²) in [5.74, 6) is -3.52. The van der Waals surface area contributed by atoms with Crippen LogP contribution in [0.2, 0.25) is 0 Å². The van der Waals surface area contributed by atoms with Crippen LogP contribution in [0.3, 0.4) is 0 Å². The summed E-state index contributed by atoms with van der Waals surface area (Å²) < 4.78 is 42.1. The van der Waals surface area contributed by atoms with Gasteiger partial charge in [0.05, 0.1) is 18.2 Å². The van der Waals surface area contributed by atoms with E-state index in [1.807, 2.05) is 0 Å². The Morgan fingerprint density at radius 3 is 2.53 bits per heavy atom. The number of halogens is 3. The van der Waals surface area contributed by atoms with Gasteiger partial charge in [-0.15, -0.1) is 0 Å². The molecule has 0 unspecified atom stereocenters. The minimum Gasteiger partial charge on any atom is -0.505 e. The Morgan fingerprint density at radius 2 is 2.07 bits per heavy atom. The predicted octanol–water partition coefficient (Wildman–Crippen LogP) is 2.26. The smallest absolute Gasteiger partial charge is 0.338 e. The quantitative estimate of drug-likeness (QED) is 0.777. The summed E-state index contributed by atoms with van der Waals surface area (Å²) in [7, 11) is 0.988. The molecule has 0 saturated carbocycles. The predicted molar refractivity (Wildman–Crippen MR) is 44.4 cm³/mol. The Balaban J connectivity index is 3.40. The van der Waals surface area contributed by atoms with Crippen LogP contribution in [0.4, 0.5) is 13.2 Å². The van der Waals surface area contributed by atoms with Gasteiger partial charge < -0.3 is 9.84 Å². The van der Waals surface area contributed by atoms with Gasteiger partial charge in [0, 0.05) is 0 Å². The van der Waals surface area contributed by atoms with E-state index in [1.165, 1.54) is 0 Å². The minimum absolute atomic E-state index is 0.595. The number of aromatic hydroxyl groups is 1. The maximum atomic E-state index is 13.1. The molecule has 0 bridgehead atoms. The maximum Gasteiger partial charge on any atom is 0.338 e. The molecule has 15 heavy (non-hydrogen) atoms. The molecule has 0 aromatic heterocycles. The van der Waals surface area contributed by atoms with E-state index in [1.54, 1.807) is 0 Å². The SMILES string of the molecule is COC(=O)c1ccc(O)c(F)c1C(F)F.